The Morgan fingerprint density at radius 1 is 1.03 bits per heavy atom. The van der Waals surface area contributed by atoms with Gasteiger partial charge in [-0.3, -0.25) is 14.6 Å². The number of methoxy groups -OCH3 is 1. The van der Waals surface area contributed by atoms with Crippen LogP contribution >= 0.6 is 12.2 Å². The van der Waals surface area contributed by atoms with E-state index in [0.717, 1.165) is 17.0 Å². The van der Waals surface area contributed by atoms with E-state index in [0.29, 0.717) is 22.8 Å². The quantitative estimate of drug-likeness (QED) is 0.536. The first-order valence-corrected chi connectivity index (χ1v) is 10.6. The number of carbonyl (C=O) groups excluding carboxylic acids is 1. The summed E-state index contributed by atoms with van der Waals surface area (Å²) in [7, 11) is 1.61. The van der Waals surface area contributed by atoms with Crippen molar-refractivity contribution in [2.45, 2.75) is 25.1 Å². The Morgan fingerprint density at radius 2 is 1.71 bits per heavy atom. The zero-order valence-corrected chi connectivity index (χ0v) is 18.1. The van der Waals surface area contributed by atoms with Crippen LogP contribution < -0.4 is 14.4 Å². The number of benzene rings is 3. The highest BCUT2D eigenvalue weighted by atomic mass is 32.1. The van der Waals surface area contributed by atoms with Gasteiger partial charge in [0.05, 0.1) is 13.2 Å². The molecule has 2 heterocycles. The second-order valence-electron chi connectivity index (χ2n) is 7.89. The highest BCUT2D eigenvalue weighted by Gasteiger charge is 2.53. The van der Waals surface area contributed by atoms with Gasteiger partial charge in [-0.1, -0.05) is 36.4 Å². The lowest BCUT2D eigenvalue weighted by atomic mass is 9.88. The number of carbonyl (C=O) groups is 1. The number of thiocarbonyl (C=S) groups is 1. The van der Waals surface area contributed by atoms with Crippen LogP contribution in [0.4, 0.5) is 5.69 Å². The number of hydrogen-bond donors (Lipinski definition) is 0. The van der Waals surface area contributed by atoms with E-state index < -0.39 is 5.72 Å². The number of anilines is 1. The number of rotatable bonds is 3. The fourth-order valence-electron chi connectivity index (χ4n) is 4.47. The molecule has 3 aromatic carbocycles. The molecule has 6 heteroatoms. The molecule has 0 aliphatic carbocycles. The average Bonchev–Trinajstić information content (AvgIpc) is 2.79. The summed E-state index contributed by atoms with van der Waals surface area (Å²) in [4.78, 5) is 17.4. The maximum Gasteiger partial charge on any atom is 0.260 e. The summed E-state index contributed by atoms with van der Waals surface area (Å²) in [5, 5.41) is 0.431. The Hall–Kier alpha value is -3.38. The Bertz CT molecular complexity index is 1150. The summed E-state index contributed by atoms with van der Waals surface area (Å²) in [6.45, 7) is 2.03. The van der Waals surface area contributed by atoms with Crippen molar-refractivity contribution in [2.75, 3.05) is 12.0 Å². The molecule has 2 aliphatic heterocycles. The first kappa shape index (κ1) is 19.6. The maximum absolute atomic E-state index is 13.7. The molecule has 156 valence electrons. The number of nitrogens with zero attached hydrogens (tertiary/aromatic N) is 2. The minimum absolute atomic E-state index is 0.141. The first-order valence-electron chi connectivity index (χ1n) is 10.2. The Kier molecular flexibility index (Phi) is 4.67. The zero-order valence-electron chi connectivity index (χ0n) is 17.3. The van der Waals surface area contributed by atoms with Gasteiger partial charge in [-0.15, -0.1) is 0 Å². The highest BCUT2D eigenvalue weighted by Crippen LogP contribution is 2.49. The molecule has 3 aromatic rings. The lowest BCUT2D eigenvalue weighted by molar-refractivity contribution is 0.0184. The van der Waals surface area contributed by atoms with Crippen LogP contribution in [0.1, 0.15) is 35.3 Å². The third-order valence-corrected chi connectivity index (χ3v) is 6.31. The molecule has 0 aromatic heterocycles. The monoisotopic (exact) mass is 430 g/mol. The molecule has 2 atom stereocenters. The summed E-state index contributed by atoms with van der Waals surface area (Å²) in [5.74, 6) is 1.34. The topological polar surface area (TPSA) is 42.0 Å². The third-order valence-electron chi connectivity index (χ3n) is 5.93. The Labute approximate surface area is 186 Å². The van der Waals surface area contributed by atoms with E-state index in [1.54, 1.807) is 36.3 Å². The predicted octanol–water partition coefficient (Wildman–Crippen LogP) is 5.18. The summed E-state index contributed by atoms with van der Waals surface area (Å²) in [5.41, 5.74) is 1.72. The molecular formula is C25H22N2O3S. The molecule has 31 heavy (non-hydrogen) atoms. The third kappa shape index (κ3) is 3.15. The molecule has 1 saturated heterocycles. The fourth-order valence-corrected chi connectivity index (χ4v) is 4.98. The van der Waals surface area contributed by atoms with E-state index in [2.05, 4.69) is 0 Å². The van der Waals surface area contributed by atoms with Gasteiger partial charge in [-0.05, 0) is 61.6 Å². The van der Waals surface area contributed by atoms with Gasteiger partial charge in [-0.2, -0.15) is 0 Å². The zero-order chi connectivity index (χ0) is 21.6. The molecular weight excluding hydrogens is 408 g/mol. The summed E-state index contributed by atoms with van der Waals surface area (Å²) in [6, 6.07) is 24.6. The van der Waals surface area contributed by atoms with Crippen LogP contribution in [-0.2, 0) is 0 Å². The van der Waals surface area contributed by atoms with Crippen LogP contribution in [0.25, 0.3) is 0 Å². The number of amides is 1. The van der Waals surface area contributed by atoms with Crippen LogP contribution in [0.2, 0.25) is 0 Å². The van der Waals surface area contributed by atoms with Gasteiger partial charge in [0.2, 0.25) is 0 Å². The summed E-state index contributed by atoms with van der Waals surface area (Å²) < 4.78 is 11.7. The molecule has 0 saturated carbocycles. The molecule has 1 amide bonds. The van der Waals surface area contributed by atoms with Gasteiger partial charge in [0, 0.05) is 23.2 Å². The predicted molar refractivity (Wildman–Crippen MR) is 124 cm³/mol. The van der Waals surface area contributed by atoms with Crippen molar-refractivity contribution in [2.24, 2.45) is 0 Å². The molecule has 5 nitrogen and oxygen atoms in total. The average molecular weight is 431 g/mol. The summed E-state index contributed by atoms with van der Waals surface area (Å²) in [6.07, 6.45) is 0.598. The second kappa shape index (κ2) is 7.39. The van der Waals surface area contributed by atoms with Gasteiger partial charge in [0.15, 0.2) is 10.8 Å². The van der Waals surface area contributed by atoms with Gasteiger partial charge in [0.25, 0.3) is 5.91 Å². The first-order chi connectivity index (χ1) is 15.0. The van der Waals surface area contributed by atoms with Crippen molar-refractivity contribution in [1.82, 2.24) is 4.90 Å². The van der Waals surface area contributed by atoms with E-state index >= 15 is 0 Å². The van der Waals surface area contributed by atoms with Gasteiger partial charge in [-0.25, -0.2) is 0 Å². The molecule has 0 unspecified atom stereocenters. The minimum Gasteiger partial charge on any atom is -0.497 e. The van der Waals surface area contributed by atoms with Crippen molar-refractivity contribution in [1.29, 1.82) is 0 Å². The van der Waals surface area contributed by atoms with Crippen LogP contribution in [0.15, 0.2) is 78.9 Å². The van der Waals surface area contributed by atoms with E-state index in [1.165, 1.54) is 0 Å². The largest absolute Gasteiger partial charge is 0.497 e. The number of ether oxygens (including phenoxy) is 2. The van der Waals surface area contributed by atoms with E-state index in [-0.39, 0.29) is 11.9 Å². The lowest BCUT2D eigenvalue weighted by Gasteiger charge is -2.55. The van der Waals surface area contributed by atoms with Crippen LogP contribution in [0.5, 0.6) is 11.5 Å². The second-order valence-corrected chi connectivity index (χ2v) is 8.26. The lowest BCUT2D eigenvalue weighted by Crippen LogP contribution is -2.67. The molecule has 1 fully saturated rings. The normalized spacial score (nSPS) is 21.9. The molecule has 2 bridgehead atoms. The van der Waals surface area contributed by atoms with Crippen molar-refractivity contribution < 1.29 is 14.3 Å². The van der Waals surface area contributed by atoms with Crippen LogP contribution in [0, 0.1) is 0 Å². The number of hydrogen-bond acceptors (Lipinski definition) is 4. The maximum atomic E-state index is 13.7. The molecule has 0 N–H and O–H groups in total. The van der Waals surface area contributed by atoms with Gasteiger partial charge >= 0.3 is 0 Å². The number of para-hydroxylation sites is 2. The van der Waals surface area contributed by atoms with Crippen LogP contribution in [-0.4, -0.2) is 28.8 Å². The Balaban J connectivity index is 1.64. The number of fused-ring (bicyclic) bond motifs is 4. The molecule has 5 rings (SSSR count). The van der Waals surface area contributed by atoms with Crippen molar-refractivity contribution in [3.8, 4) is 11.5 Å². The van der Waals surface area contributed by atoms with Gasteiger partial charge < -0.3 is 9.47 Å². The molecule has 0 spiro atoms. The highest BCUT2D eigenvalue weighted by molar-refractivity contribution is 7.80. The molecule has 0 radical (unpaired) electrons. The van der Waals surface area contributed by atoms with E-state index in [9.17, 15) is 4.79 Å². The minimum atomic E-state index is -0.700. The van der Waals surface area contributed by atoms with E-state index in [1.807, 2.05) is 66.4 Å². The standard InChI is InChI=1S/C25H22N2O3S/c1-25-16-21(20-10-6-7-11-22(20)30-25)26(23(28)17-12-14-19(29-2)15-13-17)24(31)27(25)18-8-4-3-5-9-18/h3-15,21H,16H2,1-2H3/t21-,25-/m1/s1. The summed E-state index contributed by atoms with van der Waals surface area (Å²) >= 11 is 5.94. The van der Waals surface area contributed by atoms with Crippen molar-refractivity contribution in [3.05, 3.63) is 90.0 Å². The van der Waals surface area contributed by atoms with Crippen LogP contribution in [0.3, 0.4) is 0 Å². The van der Waals surface area contributed by atoms with Crippen molar-refractivity contribution in [3.63, 3.8) is 0 Å². The van der Waals surface area contributed by atoms with E-state index in [4.69, 9.17) is 21.7 Å². The SMILES string of the molecule is COc1ccc(C(=O)N2C(=S)N(c3ccccc3)[C@@]3(C)C[C@@H]2c2ccccc2O3)cc1. The smallest absolute Gasteiger partial charge is 0.260 e. The Morgan fingerprint density at radius 3 is 2.42 bits per heavy atom. The fraction of sp³-hybridized carbons (Fsp3) is 0.200. The molecule has 2 aliphatic rings. The van der Waals surface area contributed by atoms with Crippen molar-refractivity contribution >= 4 is 28.9 Å². The van der Waals surface area contributed by atoms with Gasteiger partial charge in [0.1, 0.15) is 11.5 Å².